The van der Waals surface area contributed by atoms with Crippen LogP contribution in [0.25, 0.3) is 0 Å². The molecule has 0 amide bonds. The highest BCUT2D eigenvalue weighted by Gasteiger charge is 1.92. The fourth-order valence-corrected chi connectivity index (χ4v) is 1.32. The second-order valence-electron chi connectivity index (χ2n) is 1.90. The third kappa shape index (κ3) is 4.50. The molecular formula is C8H15NS. The van der Waals surface area contributed by atoms with Gasteiger partial charge in [-0.1, -0.05) is 19.6 Å². The molecule has 0 aromatic heterocycles. The Morgan fingerprint density at radius 3 is 2.70 bits per heavy atom. The minimum absolute atomic E-state index is 1.08. The van der Waals surface area contributed by atoms with Crippen molar-refractivity contribution in [2.75, 3.05) is 6.54 Å². The van der Waals surface area contributed by atoms with E-state index >= 15 is 0 Å². The molecule has 0 aromatic carbocycles. The molecule has 0 fully saturated rings. The van der Waals surface area contributed by atoms with Gasteiger partial charge >= 0.3 is 0 Å². The van der Waals surface area contributed by atoms with Crippen LogP contribution in [0.4, 0.5) is 0 Å². The van der Waals surface area contributed by atoms with E-state index in [1.165, 1.54) is 6.42 Å². The van der Waals surface area contributed by atoms with Crippen molar-refractivity contribution in [1.82, 2.24) is 4.31 Å². The molecule has 0 saturated heterocycles. The fourth-order valence-electron chi connectivity index (χ4n) is 0.645. The monoisotopic (exact) mass is 157 g/mol. The van der Waals surface area contributed by atoms with Crippen LogP contribution in [0, 0.1) is 0 Å². The molecule has 0 bridgehead atoms. The molecule has 0 aliphatic heterocycles. The molecule has 0 atom stereocenters. The molecule has 0 spiro atoms. The molecule has 0 unspecified atom stereocenters. The van der Waals surface area contributed by atoms with Gasteiger partial charge in [-0.25, -0.2) is 0 Å². The van der Waals surface area contributed by atoms with Crippen LogP contribution in [0.2, 0.25) is 0 Å². The molecule has 10 heavy (non-hydrogen) atoms. The molecular weight excluding hydrogens is 142 g/mol. The molecule has 0 radical (unpaired) electrons. The first-order valence-corrected chi connectivity index (χ1v) is 4.36. The minimum Gasteiger partial charge on any atom is -0.320 e. The summed E-state index contributed by atoms with van der Waals surface area (Å²) in [6, 6.07) is 0. The van der Waals surface area contributed by atoms with Crippen LogP contribution in [-0.2, 0) is 0 Å². The first-order chi connectivity index (χ1) is 4.85. The molecule has 0 heterocycles. The molecule has 58 valence electrons. The van der Waals surface area contributed by atoms with Gasteiger partial charge in [0.15, 0.2) is 0 Å². The summed E-state index contributed by atoms with van der Waals surface area (Å²) in [6.07, 6.45) is 5.27. The number of rotatable bonds is 5. The lowest BCUT2D eigenvalue weighted by Crippen LogP contribution is -2.06. The third-order valence-electron chi connectivity index (χ3n) is 0.969. The predicted octanol–water partition coefficient (Wildman–Crippen LogP) is 3.02. The van der Waals surface area contributed by atoms with Crippen molar-refractivity contribution >= 4 is 11.9 Å². The van der Waals surface area contributed by atoms with E-state index in [0.717, 1.165) is 6.54 Å². The highest BCUT2D eigenvalue weighted by atomic mass is 32.2. The maximum Gasteiger partial charge on any atom is 0.0289 e. The number of hydrogen-bond donors (Lipinski definition) is 0. The first-order valence-electron chi connectivity index (χ1n) is 3.52. The van der Waals surface area contributed by atoms with Crippen LogP contribution in [-0.4, -0.2) is 10.8 Å². The van der Waals surface area contributed by atoms with Gasteiger partial charge in [-0.15, -0.1) is 0 Å². The summed E-state index contributed by atoms with van der Waals surface area (Å²) < 4.78 is 2.16. The van der Waals surface area contributed by atoms with Crippen LogP contribution in [0.3, 0.4) is 0 Å². The molecule has 0 N–H and O–H groups in total. The number of allylic oxidation sites excluding steroid dienone is 1. The van der Waals surface area contributed by atoms with Crippen LogP contribution in [0.15, 0.2) is 24.3 Å². The van der Waals surface area contributed by atoms with Crippen LogP contribution >= 0.6 is 11.9 Å². The molecule has 0 aromatic rings. The summed E-state index contributed by atoms with van der Waals surface area (Å²) in [5.41, 5.74) is 0. The normalized spacial score (nSPS) is 10.2. The Bertz CT molecular complexity index is 110. The molecule has 0 saturated carbocycles. The average Bonchev–Trinajstić information content (AvgIpc) is 1.90. The van der Waals surface area contributed by atoms with Crippen molar-refractivity contribution in [3.63, 3.8) is 0 Å². The number of hydrogen-bond acceptors (Lipinski definition) is 2. The maximum absolute atomic E-state index is 3.65. The summed E-state index contributed by atoms with van der Waals surface area (Å²) in [5.74, 6) is 0. The van der Waals surface area contributed by atoms with Gasteiger partial charge in [-0.05, 0) is 30.7 Å². The highest BCUT2D eigenvalue weighted by molar-refractivity contribution is 7.99. The lowest BCUT2D eigenvalue weighted by Gasteiger charge is -2.14. The van der Waals surface area contributed by atoms with Gasteiger partial charge in [0.2, 0.25) is 0 Å². The van der Waals surface area contributed by atoms with Gasteiger partial charge in [-0.2, -0.15) is 0 Å². The first kappa shape index (κ1) is 9.63. The molecule has 1 nitrogen and oxygen atoms in total. The maximum atomic E-state index is 3.65. The van der Waals surface area contributed by atoms with Gasteiger partial charge < -0.3 is 4.31 Å². The minimum atomic E-state index is 1.08. The number of nitrogens with zero attached hydrogens (tertiary/aromatic N) is 1. The van der Waals surface area contributed by atoms with Gasteiger partial charge in [0.05, 0.1) is 0 Å². The summed E-state index contributed by atoms with van der Waals surface area (Å²) in [7, 11) is 0. The van der Waals surface area contributed by atoms with E-state index in [0.29, 0.717) is 0 Å². The van der Waals surface area contributed by atoms with E-state index in [2.05, 4.69) is 24.0 Å². The average molecular weight is 157 g/mol. The summed E-state index contributed by atoms with van der Waals surface area (Å²) >= 11 is 1.64. The summed E-state index contributed by atoms with van der Waals surface area (Å²) in [6.45, 7) is 8.92. The van der Waals surface area contributed by atoms with Crippen molar-refractivity contribution in [3.8, 4) is 0 Å². The third-order valence-corrected chi connectivity index (χ3v) is 1.69. The van der Waals surface area contributed by atoms with Crippen molar-refractivity contribution in [2.24, 2.45) is 0 Å². The van der Waals surface area contributed by atoms with E-state index in [-0.39, 0.29) is 0 Å². The highest BCUT2D eigenvalue weighted by Crippen LogP contribution is 2.10. The Balaban J connectivity index is 3.60. The van der Waals surface area contributed by atoms with E-state index < -0.39 is 0 Å². The van der Waals surface area contributed by atoms with Crippen LogP contribution in [0.5, 0.6) is 0 Å². The van der Waals surface area contributed by atoms with Crippen LogP contribution < -0.4 is 0 Å². The van der Waals surface area contributed by atoms with Gasteiger partial charge in [0.1, 0.15) is 0 Å². The molecule has 0 aliphatic carbocycles. The molecule has 2 heteroatoms. The van der Waals surface area contributed by atoms with Crippen molar-refractivity contribution in [1.29, 1.82) is 0 Å². The van der Waals surface area contributed by atoms with Gasteiger partial charge in [0, 0.05) is 12.7 Å². The molecule has 0 rings (SSSR count). The van der Waals surface area contributed by atoms with Crippen LogP contribution in [0.1, 0.15) is 20.3 Å². The second-order valence-corrected chi connectivity index (χ2v) is 2.91. The zero-order valence-corrected chi connectivity index (χ0v) is 7.53. The Kier molecular flexibility index (Phi) is 6.50. The summed E-state index contributed by atoms with van der Waals surface area (Å²) in [5, 5.41) is 1.84. The van der Waals surface area contributed by atoms with E-state index in [9.17, 15) is 0 Å². The van der Waals surface area contributed by atoms with Gasteiger partial charge in [0.25, 0.3) is 0 Å². The SMILES string of the molecule is C=CSN(/C=C\C)CCC. The van der Waals surface area contributed by atoms with Gasteiger partial charge in [-0.3, -0.25) is 0 Å². The van der Waals surface area contributed by atoms with Crippen molar-refractivity contribution in [3.05, 3.63) is 24.3 Å². The zero-order valence-electron chi connectivity index (χ0n) is 6.71. The lowest BCUT2D eigenvalue weighted by atomic mass is 10.5. The quantitative estimate of drug-likeness (QED) is 0.564. The predicted molar refractivity (Wildman–Crippen MR) is 49.6 cm³/mol. The fraction of sp³-hybridized carbons (Fsp3) is 0.500. The smallest absolute Gasteiger partial charge is 0.0289 e. The Morgan fingerprint density at radius 1 is 1.60 bits per heavy atom. The second kappa shape index (κ2) is 6.75. The Morgan fingerprint density at radius 2 is 2.30 bits per heavy atom. The lowest BCUT2D eigenvalue weighted by molar-refractivity contribution is 0.609. The van der Waals surface area contributed by atoms with E-state index in [1.807, 2.05) is 18.4 Å². The molecule has 0 aliphatic rings. The van der Waals surface area contributed by atoms with Crippen molar-refractivity contribution < 1.29 is 0 Å². The zero-order chi connectivity index (χ0) is 7.82. The topological polar surface area (TPSA) is 3.24 Å². The standard InChI is InChI=1S/C8H15NS/c1-4-7-9(8-5-2)10-6-3/h4,6-7H,3,5,8H2,1-2H3/b7-4-. The van der Waals surface area contributed by atoms with Crippen molar-refractivity contribution in [2.45, 2.75) is 20.3 Å². The summed E-state index contributed by atoms with van der Waals surface area (Å²) in [4.78, 5) is 0. The van der Waals surface area contributed by atoms with E-state index in [1.54, 1.807) is 11.9 Å². The Hall–Kier alpha value is -0.370. The largest absolute Gasteiger partial charge is 0.320 e. The Labute approximate surface area is 67.9 Å². The van der Waals surface area contributed by atoms with E-state index in [4.69, 9.17) is 0 Å².